The van der Waals surface area contributed by atoms with Gasteiger partial charge < -0.3 is 9.59 Å². The number of aldehydes is 2. The summed E-state index contributed by atoms with van der Waals surface area (Å²) in [5, 5.41) is 0. The largest absolute Gasteiger partial charge is 0.303 e. The van der Waals surface area contributed by atoms with Crippen molar-refractivity contribution in [2.45, 2.75) is 66.2 Å². The van der Waals surface area contributed by atoms with Crippen LogP contribution in [-0.4, -0.2) is 24.1 Å². The van der Waals surface area contributed by atoms with Crippen molar-refractivity contribution in [1.29, 1.82) is 0 Å². The highest BCUT2D eigenvalue weighted by molar-refractivity contribution is 6.37. The number of Topliss-reactive ketones (excluding diaryl/α,β-unsaturated/α-hetero) is 2. The molecule has 1 atom stereocenters. The molecule has 0 heterocycles. The molecule has 0 aliphatic carbocycles. The molecule has 4 heteroatoms. The van der Waals surface area contributed by atoms with Crippen molar-refractivity contribution >= 4 is 24.1 Å². The van der Waals surface area contributed by atoms with Crippen LogP contribution in [0.4, 0.5) is 0 Å². The highest BCUT2D eigenvalue weighted by atomic mass is 16.2. The molecule has 0 aromatic heterocycles. The van der Waals surface area contributed by atoms with E-state index in [9.17, 15) is 19.2 Å². The summed E-state index contributed by atoms with van der Waals surface area (Å²) < 4.78 is 0. The van der Waals surface area contributed by atoms with Gasteiger partial charge >= 0.3 is 0 Å². The molecular formula is C17H28O4. The van der Waals surface area contributed by atoms with Crippen LogP contribution in [0.3, 0.4) is 0 Å². The maximum Gasteiger partial charge on any atom is 0.198 e. The van der Waals surface area contributed by atoms with E-state index in [4.69, 9.17) is 0 Å². The highest BCUT2D eigenvalue weighted by Gasteiger charge is 2.36. The fourth-order valence-corrected chi connectivity index (χ4v) is 2.48. The molecular weight excluding hydrogens is 268 g/mol. The van der Waals surface area contributed by atoms with E-state index < -0.39 is 17.0 Å². The maximum absolute atomic E-state index is 12.1. The van der Waals surface area contributed by atoms with Gasteiger partial charge in [-0.15, -0.1) is 0 Å². The van der Waals surface area contributed by atoms with Crippen LogP contribution in [0.1, 0.15) is 66.2 Å². The van der Waals surface area contributed by atoms with Crippen molar-refractivity contribution in [1.82, 2.24) is 0 Å². The molecule has 0 saturated heterocycles. The number of rotatable bonds is 12. The van der Waals surface area contributed by atoms with E-state index in [0.717, 1.165) is 19.1 Å². The second-order valence-corrected chi connectivity index (χ2v) is 6.55. The Morgan fingerprint density at radius 3 is 2.05 bits per heavy atom. The fourth-order valence-electron chi connectivity index (χ4n) is 2.48. The number of hydrogen-bond donors (Lipinski definition) is 0. The fraction of sp³-hybridized carbons (Fsp3) is 0.765. The summed E-state index contributed by atoms with van der Waals surface area (Å²) in [5.41, 5.74) is -0.445. The Morgan fingerprint density at radius 2 is 1.62 bits per heavy atom. The Bertz CT molecular complexity index is 371. The standard InChI is InChI=1S/C17H28O4/c1-13(2)7-8-17(9-11-19,14(3)4)12-16(21)15(20)6-5-10-18/h10-11,13-14H,5-9,12H2,1-4H3. The molecule has 0 aliphatic rings. The predicted octanol–water partition coefficient (Wildman–Crippen LogP) is 3.16. The van der Waals surface area contributed by atoms with Gasteiger partial charge in [-0.3, -0.25) is 9.59 Å². The topological polar surface area (TPSA) is 68.3 Å². The van der Waals surface area contributed by atoms with E-state index in [1.165, 1.54) is 0 Å². The number of carbonyl (C=O) groups excluding carboxylic acids is 4. The predicted molar refractivity (Wildman–Crippen MR) is 82.0 cm³/mol. The molecule has 0 aromatic carbocycles. The monoisotopic (exact) mass is 296 g/mol. The van der Waals surface area contributed by atoms with E-state index in [0.29, 0.717) is 18.6 Å². The molecule has 0 bridgehead atoms. The molecule has 0 amide bonds. The summed E-state index contributed by atoms with van der Waals surface area (Å²) in [4.78, 5) is 45.2. The van der Waals surface area contributed by atoms with Gasteiger partial charge in [0.2, 0.25) is 0 Å². The molecule has 0 fully saturated rings. The van der Waals surface area contributed by atoms with Crippen LogP contribution in [0, 0.1) is 17.3 Å². The van der Waals surface area contributed by atoms with Crippen LogP contribution in [0.5, 0.6) is 0 Å². The Morgan fingerprint density at radius 1 is 1.00 bits per heavy atom. The minimum atomic E-state index is -0.498. The molecule has 0 spiro atoms. The molecule has 1 unspecified atom stereocenters. The summed E-state index contributed by atoms with van der Waals surface area (Å²) in [7, 11) is 0. The van der Waals surface area contributed by atoms with E-state index >= 15 is 0 Å². The van der Waals surface area contributed by atoms with Crippen molar-refractivity contribution in [2.75, 3.05) is 0 Å². The zero-order valence-corrected chi connectivity index (χ0v) is 13.7. The molecule has 120 valence electrons. The Labute approximate surface area is 127 Å². The van der Waals surface area contributed by atoms with E-state index in [2.05, 4.69) is 13.8 Å². The third-order valence-electron chi connectivity index (χ3n) is 4.25. The van der Waals surface area contributed by atoms with E-state index in [-0.39, 0.29) is 25.2 Å². The van der Waals surface area contributed by atoms with Gasteiger partial charge in [0.1, 0.15) is 12.6 Å². The van der Waals surface area contributed by atoms with Crippen molar-refractivity contribution in [2.24, 2.45) is 17.3 Å². The smallest absolute Gasteiger partial charge is 0.198 e. The van der Waals surface area contributed by atoms with Gasteiger partial charge in [0.25, 0.3) is 0 Å². The average Bonchev–Trinajstić information content (AvgIpc) is 2.41. The number of hydrogen-bond acceptors (Lipinski definition) is 4. The lowest BCUT2D eigenvalue weighted by Crippen LogP contribution is -2.33. The SMILES string of the molecule is CC(C)CCC(CC=O)(CC(=O)C(=O)CCC=O)C(C)C. The maximum atomic E-state index is 12.1. The first kappa shape index (κ1) is 19.7. The van der Waals surface area contributed by atoms with Crippen molar-refractivity contribution in [3.05, 3.63) is 0 Å². The van der Waals surface area contributed by atoms with Crippen LogP contribution in [0.2, 0.25) is 0 Å². The molecule has 0 saturated carbocycles. The van der Waals surface area contributed by atoms with Gasteiger partial charge in [0.15, 0.2) is 11.6 Å². The number of ketones is 2. The average molecular weight is 296 g/mol. The lowest BCUT2D eigenvalue weighted by Gasteiger charge is -2.36. The van der Waals surface area contributed by atoms with Crippen LogP contribution in [0.25, 0.3) is 0 Å². The first-order valence-electron chi connectivity index (χ1n) is 7.72. The van der Waals surface area contributed by atoms with Gasteiger partial charge in [-0.25, -0.2) is 0 Å². The van der Waals surface area contributed by atoms with E-state index in [1.807, 2.05) is 13.8 Å². The van der Waals surface area contributed by atoms with Crippen molar-refractivity contribution < 1.29 is 19.2 Å². The van der Waals surface area contributed by atoms with E-state index in [1.54, 1.807) is 0 Å². The Hall–Kier alpha value is -1.32. The minimum Gasteiger partial charge on any atom is -0.303 e. The van der Waals surface area contributed by atoms with Gasteiger partial charge in [-0.2, -0.15) is 0 Å². The molecule has 0 aliphatic heterocycles. The molecule has 0 radical (unpaired) electrons. The summed E-state index contributed by atoms with van der Waals surface area (Å²) in [6.07, 6.45) is 3.63. The van der Waals surface area contributed by atoms with Crippen LogP contribution in [0.15, 0.2) is 0 Å². The third kappa shape index (κ3) is 6.78. The molecule has 0 rings (SSSR count). The van der Waals surface area contributed by atoms with Crippen LogP contribution in [-0.2, 0) is 19.2 Å². The van der Waals surface area contributed by atoms with Crippen molar-refractivity contribution in [3.63, 3.8) is 0 Å². The van der Waals surface area contributed by atoms with Gasteiger partial charge in [0, 0.05) is 25.7 Å². The zero-order valence-electron chi connectivity index (χ0n) is 13.7. The first-order chi connectivity index (χ1) is 9.79. The summed E-state index contributed by atoms with van der Waals surface area (Å²) >= 11 is 0. The normalized spacial score (nSPS) is 14.0. The summed E-state index contributed by atoms with van der Waals surface area (Å²) in [5.74, 6) is -0.321. The zero-order chi connectivity index (χ0) is 16.5. The first-order valence-corrected chi connectivity index (χ1v) is 7.72. The minimum absolute atomic E-state index is 0.0260. The van der Waals surface area contributed by atoms with Gasteiger partial charge in [0.05, 0.1) is 0 Å². The van der Waals surface area contributed by atoms with Crippen LogP contribution >= 0.6 is 0 Å². The summed E-state index contributed by atoms with van der Waals surface area (Å²) in [6.45, 7) is 8.19. The van der Waals surface area contributed by atoms with Gasteiger partial charge in [-0.1, -0.05) is 34.1 Å². The lowest BCUT2D eigenvalue weighted by molar-refractivity contribution is -0.139. The lowest BCUT2D eigenvalue weighted by atomic mass is 9.67. The number of carbonyl (C=O) groups is 4. The molecule has 0 aromatic rings. The van der Waals surface area contributed by atoms with Crippen LogP contribution < -0.4 is 0 Å². The van der Waals surface area contributed by atoms with Gasteiger partial charge in [-0.05, 0) is 23.7 Å². The molecule has 4 nitrogen and oxygen atoms in total. The second kappa shape index (κ2) is 9.59. The van der Waals surface area contributed by atoms with Crippen molar-refractivity contribution in [3.8, 4) is 0 Å². The summed E-state index contributed by atoms with van der Waals surface area (Å²) in [6, 6.07) is 0. The quantitative estimate of drug-likeness (QED) is 0.410. The highest BCUT2D eigenvalue weighted by Crippen LogP contribution is 2.40. The molecule has 21 heavy (non-hydrogen) atoms. The molecule has 0 N–H and O–H groups in total. The Balaban J connectivity index is 5.01. The third-order valence-corrected chi connectivity index (χ3v) is 4.25. The second-order valence-electron chi connectivity index (χ2n) is 6.55. The Kier molecular flexibility index (Phi) is 8.98.